The fourth-order valence-electron chi connectivity index (χ4n) is 4.40. The molecule has 1 aliphatic carbocycles. The number of likely N-dealkylation sites (tertiary alicyclic amines) is 1. The molecule has 1 saturated heterocycles. The van der Waals surface area contributed by atoms with E-state index < -0.39 is 5.60 Å². The smallest absolute Gasteiger partial charge is 0.410 e. The van der Waals surface area contributed by atoms with Crippen molar-refractivity contribution in [3.05, 3.63) is 29.8 Å². The Morgan fingerprint density at radius 2 is 2.12 bits per heavy atom. The Hall–Kier alpha value is -1.75. The second-order valence-corrected chi connectivity index (χ2v) is 6.78. The van der Waals surface area contributed by atoms with E-state index in [0.29, 0.717) is 19.6 Å². The van der Waals surface area contributed by atoms with Gasteiger partial charge in [0.05, 0.1) is 25.4 Å². The number of amides is 1. The first-order chi connectivity index (χ1) is 11.6. The molecule has 1 heterocycles. The number of aliphatic hydroxyl groups is 1. The third-order valence-corrected chi connectivity index (χ3v) is 5.51. The molecule has 2 aliphatic rings. The van der Waals surface area contributed by atoms with Crippen LogP contribution < -0.4 is 4.74 Å². The number of benzene rings is 1. The van der Waals surface area contributed by atoms with Gasteiger partial charge in [-0.2, -0.15) is 0 Å². The van der Waals surface area contributed by atoms with Gasteiger partial charge in [-0.15, -0.1) is 0 Å². The van der Waals surface area contributed by atoms with E-state index in [1.807, 2.05) is 31.2 Å². The fraction of sp³-hybridized carbons (Fsp3) is 0.632. The number of fused-ring (bicyclic) bond motifs is 1. The first kappa shape index (κ1) is 17.1. The first-order valence-electron chi connectivity index (χ1n) is 8.89. The van der Waals surface area contributed by atoms with Gasteiger partial charge in [-0.3, -0.25) is 0 Å². The fourth-order valence-corrected chi connectivity index (χ4v) is 4.40. The van der Waals surface area contributed by atoms with Crippen LogP contribution in [0.15, 0.2) is 24.3 Å². The predicted molar refractivity (Wildman–Crippen MR) is 91.0 cm³/mol. The number of hydrogen-bond acceptors (Lipinski definition) is 4. The lowest BCUT2D eigenvalue weighted by atomic mass is 9.66. The Morgan fingerprint density at radius 1 is 1.33 bits per heavy atom. The summed E-state index contributed by atoms with van der Waals surface area (Å²) in [5.74, 6) is 0.800. The number of ether oxygens (including phenoxy) is 2. The van der Waals surface area contributed by atoms with E-state index in [-0.39, 0.29) is 18.1 Å². The maximum Gasteiger partial charge on any atom is 0.410 e. The van der Waals surface area contributed by atoms with E-state index in [1.54, 1.807) is 4.90 Å². The molecule has 132 valence electrons. The standard InChI is InChI=1S/C19H27NO4/c1-3-24-16-10-5-4-8-14(16)17-15-9-6-7-11-19(15,22)12-13-20(17)18(21)23-2/h4-5,8,10,15,17,22H,3,6-7,9,11-13H2,1-2H3/t15-,17-,19+/m0/s1. The molecule has 5 nitrogen and oxygen atoms in total. The van der Waals surface area contributed by atoms with E-state index in [9.17, 15) is 9.90 Å². The number of piperidine rings is 1. The summed E-state index contributed by atoms with van der Waals surface area (Å²) in [6.07, 6.45) is 4.12. The SMILES string of the molecule is CCOc1ccccc1[C@H]1[C@@H]2CCCC[C@@]2(O)CCN1C(=O)OC. The van der Waals surface area contributed by atoms with Gasteiger partial charge in [0.1, 0.15) is 5.75 Å². The minimum Gasteiger partial charge on any atom is -0.494 e. The van der Waals surface area contributed by atoms with Crippen molar-refractivity contribution in [3.8, 4) is 5.75 Å². The molecule has 1 amide bonds. The van der Waals surface area contributed by atoms with Gasteiger partial charge in [0.15, 0.2) is 0 Å². The zero-order valence-corrected chi connectivity index (χ0v) is 14.5. The molecule has 0 bridgehead atoms. The number of nitrogens with zero attached hydrogens (tertiary/aromatic N) is 1. The number of hydrogen-bond donors (Lipinski definition) is 1. The number of carbonyl (C=O) groups excluding carboxylic acids is 1. The van der Waals surface area contributed by atoms with Crippen molar-refractivity contribution in [1.29, 1.82) is 0 Å². The van der Waals surface area contributed by atoms with Crippen LogP contribution in [0, 0.1) is 5.92 Å². The van der Waals surface area contributed by atoms with E-state index in [0.717, 1.165) is 37.0 Å². The van der Waals surface area contributed by atoms with Crippen LogP contribution in [0.25, 0.3) is 0 Å². The molecular weight excluding hydrogens is 306 g/mol. The zero-order chi connectivity index (χ0) is 17.2. The maximum absolute atomic E-state index is 12.4. The van der Waals surface area contributed by atoms with Crippen molar-refractivity contribution in [1.82, 2.24) is 4.90 Å². The molecule has 1 aliphatic heterocycles. The highest BCUT2D eigenvalue weighted by Gasteiger charge is 2.51. The van der Waals surface area contributed by atoms with Gasteiger partial charge in [-0.05, 0) is 32.3 Å². The third kappa shape index (κ3) is 2.97. The quantitative estimate of drug-likeness (QED) is 0.919. The highest BCUT2D eigenvalue weighted by atomic mass is 16.5. The van der Waals surface area contributed by atoms with Crippen LogP contribution >= 0.6 is 0 Å². The van der Waals surface area contributed by atoms with Gasteiger partial charge >= 0.3 is 6.09 Å². The molecule has 24 heavy (non-hydrogen) atoms. The highest BCUT2D eigenvalue weighted by molar-refractivity contribution is 5.69. The van der Waals surface area contributed by atoms with Crippen LogP contribution in [0.3, 0.4) is 0 Å². The third-order valence-electron chi connectivity index (χ3n) is 5.51. The summed E-state index contributed by atoms with van der Waals surface area (Å²) in [5.41, 5.74) is 0.266. The lowest BCUT2D eigenvalue weighted by molar-refractivity contribution is -0.118. The average Bonchev–Trinajstić information content (AvgIpc) is 2.60. The van der Waals surface area contributed by atoms with Gasteiger partial charge < -0.3 is 19.5 Å². The Morgan fingerprint density at radius 3 is 2.88 bits per heavy atom. The molecule has 3 atom stereocenters. The molecule has 1 N–H and O–H groups in total. The van der Waals surface area contributed by atoms with Crippen LogP contribution in [0.2, 0.25) is 0 Å². The molecular formula is C19H27NO4. The summed E-state index contributed by atoms with van der Waals surface area (Å²) in [5, 5.41) is 11.2. The Kier molecular flexibility index (Phi) is 4.99. The average molecular weight is 333 g/mol. The molecule has 0 radical (unpaired) electrons. The number of para-hydroxylation sites is 1. The molecule has 1 saturated carbocycles. The molecule has 0 aromatic heterocycles. The normalized spacial score (nSPS) is 29.7. The van der Waals surface area contributed by atoms with E-state index in [1.165, 1.54) is 7.11 Å². The number of methoxy groups -OCH3 is 1. The molecule has 1 aromatic rings. The highest BCUT2D eigenvalue weighted by Crippen LogP contribution is 2.50. The van der Waals surface area contributed by atoms with Crippen molar-refractivity contribution in [2.75, 3.05) is 20.3 Å². The van der Waals surface area contributed by atoms with Crippen LogP contribution in [-0.2, 0) is 4.74 Å². The molecule has 0 spiro atoms. The minimum atomic E-state index is -0.702. The summed E-state index contributed by atoms with van der Waals surface area (Å²) >= 11 is 0. The zero-order valence-electron chi connectivity index (χ0n) is 14.5. The summed E-state index contributed by atoms with van der Waals surface area (Å²) < 4.78 is 10.8. The van der Waals surface area contributed by atoms with Crippen LogP contribution in [0.1, 0.15) is 50.6 Å². The van der Waals surface area contributed by atoms with Crippen LogP contribution in [0.5, 0.6) is 5.75 Å². The van der Waals surface area contributed by atoms with Crippen molar-refractivity contribution in [2.45, 2.75) is 50.7 Å². The maximum atomic E-state index is 12.4. The van der Waals surface area contributed by atoms with Crippen molar-refractivity contribution in [3.63, 3.8) is 0 Å². The summed E-state index contributed by atoms with van der Waals surface area (Å²) in [4.78, 5) is 14.1. The number of rotatable bonds is 3. The minimum absolute atomic E-state index is 0.0145. The van der Waals surface area contributed by atoms with Crippen LogP contribution in [-0.4, -0.2) is 42.0 Å². The van der Waals surface area contributed by atoms with Crippen molar-refractivity contribution >= 4 is 6.09 Å². The second-order valence-electron chi connectivity index (χ2n) is 6.78. The van der Waals surface area contributed by atoms with Gasteiger partial charge in [0.25, 0.3) is 0 Å². The lowest BCUT2D eigenvalue weighted by Gasteiger charge is -2.52. The Balaban J connectivity index is 2.05. The second kappa shape index (κ2) is 7.01. The largest absolute Gasteiger partial charge is 0.494 e. The van der Waals surface area contributed by atoms with Gasteiger partial charge in [-0.1, -0.05) is 31.0 Å². The molecule has 0 unspecified atom stereocenters. The van der Waals surface area contributed by atoms with Gasteiger partial charge in [-0.25, -0.2) is 4.79 Å². The summed E-state index contributed by atoms with van der Waals surface area (Å²) in [6, 6.07) is 7.63. The summed E-state index contributed by atoms with van der Waals surface area (Å²) in [6.45, 7) is 3.02. The molecule has 5 heteroatoms. The lowest BCUT2D eigenvalue weighted by Crippen LogP contribution is -2.56. The number of carbonyl (C=O) groups is 1. The van der Waals surface area contributed by atoms with E-state index >= 15 is 0 Å². The molecule has 1 aromatic carbocycles. The molecule has 2 fully saturated rings. The predicted octanol–water partition coefficient (Wildman–Crippen LogP) is 3.52. The topological polar surface area (TPSA) is 59.0 Å². The van der Waals surface area contributed by atoms with E-state index in [4.69, 9.17) is 9.47 Å². The van der Waals surface area contributed by atoms with Crippen LogP contribution in [0.4, 0.5) is 4.79 Å². The molecule has 3 rings (SSSR count). The summed E-state index contributed by atoms with van der Waals surface area (Å²) in [7, 11) is 1.41. The van der Waals surface area contributed by atoms with Gasteiger partial charge in [0, 0.05) is 18.0 Å². The van der Waals surface area contributed by atoms with Gasteiger partial charge in [0.2, 0.25) is 0 Å². The monoisotopic (exact) mass is 333 g/mol. The Bertz CT molecular complexity index is 590. The van der Waals surface area contributed by atoms with E-state index in [2.05, 4.69) is 0 Å². The van der Waals surface area contributed by atoms with Crippen molar-refractivity contribution in [2.24, 2.45) is 5.92 Å². The van der Waals surface area contributed by atoms with Crippen molar-refractivity contribution < 1.29 is 19.4 Å². The first-order valence-corrected chi connectivity index (χ1v) is 8.89. The Labute approximate surface area is 143 Å².